The zero-order valence-electron chi connectivity index (χ0n) is 28.8. The van der Waals surface area contributed by atoms with Crippen molar-refractivity contribution in [3.63, 3.8) is 0 Å². The zero-order chi connectivity index (χ0) is 34.7. The van der Waals surface area contributed by atoms with Crippen molar-refractivity contribution in [1.82, 2.24) is 0 Å². The summed E-state index contributed by atoms with van der Waals surface area (Å²) in [5, 5.41) is 86.2. The minimum atomic E-state index is -1.72. The first kappa shape index (κ1) is 35.7. The monoisotopic (exact) mass is 666 g/mol. The third-order valence-corrected chi connectivity index (χ3v) is 15.6. The van der Waals surface area contributed by atoms with Crippen molar-refractivity contribution in [2.24, 2.45) is 50.7 Å². The molecule has 1 aliphatic heterocycles. The van der Waals surface area contributed by atoms with Crippen molar-refractivity contribution >= 4 is 5.97 Å². The molecule has 0 spiro atoms. The Bertz CT molecular complexity index is 1270. The molecule has 0 aromatic rings. The van der Waals surface area contributed by atoms with Crippen molar-refractivity contribution in [3.8, 4) is 0 Å². The second kappa shape index (κ2) is 11.4. The zero-order valence-corrected chi connectivity index (χ0v) is 28.8. The van der Waals surface area contributed by atoms with Gasteiger partial charge in [0.2, 0.25) is 6.29 Å². The van der Waals surface area contributed by atoms with Gasteiger partial charge in [0, 0.05) is 11.3 Å². The second-order valence-electron chi connectivity index (χ2n) is 17.5. The van der Waals surface area contributed by atoms with Crippen LogP contribution >= 0.6 is 0 Å². The van der Waals surface area contributed by atoms with E-state index in [1.807, 2.05) is 20.8 Å². The van der Waals surface area contributed by atoms with Crippen LogP contribution in [0.5, 0.6) is 0 Å². The van der Waals surface area contributed by atoms with Crippen LogP contribution in [-0.2, 0) is 14.3 Å². The molecule has 5 aliphatic carbocycles. The Kier molecular flexibility index (Phi) is 8.68. The second-order valence-corrected chi connectivity index (χ2v) is 17.5. The van der Waals surface area contributed by atoms with Gasteiger partial charge in [-0.2, -0.15) is 0 Å². The van der Waals surface area contributed by atoms with E-state index in [-0.39, 0.29) is 35.2 Å². The smallest absolute Gasteiger partial charge is 0.315 e. The van der Waals surface area contributed by atoms with Gasteiger partial charge in [-0.25, -0.2) is 0 Å². The molecule has 0 aromatic heterocycles. The lowest BCUT2D eigenvalue weighted by molar-refractivity contribution is -0.299. The van der Waals surface area contributed by atoms with Gasteiger partial charge in [0.1, 0.15) is 24.4 Å². The van der Waals surface area contributed by atoms with Crippen LogP contribution in [-0.4, -0.2) is 109 Å². The summed E-state index contributed by atoms with van der Waals surface area (Å²) in [5.74, 6) is -1.23. The van der Waals surface area contributed by atoms with E-state index in [2.05, 4.69) is 26.8 Å². The fraction of sp³-hybridized carbons (Fsp3) is 0.917. The predicted molar refractivity (Wildman–Crippen MR) is 169 cm³/mol. The lowest BCUT2D eigenvalue weighted by Crippen LogP contribution is -2.69. The first-order valence-electron chi connectivity index (χ1n) is 17.7. The normalized spacial score (nSPS) is 57.5. The average Bonchev–Trinajstić information content (AvgIpc) is 3.02. The number of hydrogen-bond acceptors (Lipinski definition) is 11. The fourth-order valence-corrected chi connectivity index (χ4v) is 12.4. The summed E-state index contributed by atoms with van der Waals surface area (Å²) in [7, 11) is 0. The number of aliphatic hydroxyl groups excluding tert-OH is 7. The number of allylic oxidation sites excluding steroid dienone is 1. The van der Waals surface area contributed by atoms with Crippen molar-refractivity contribution in [2.45, 2.75) is 141 Å². The molecule has 0 amide bonds. The van der Waals surface area contributed by atoms with E-state index < -0.39 is 83.3 Å². The Morgan fingerprint density at radius 2 is 1.60 bits per heavy atom. The van der Waals surface area contributed by atoms with Crippen LogP contribution in [0.15, 0.2) is 11.6 Å². The quantitative estimate of drug-likeness (QED) is 0.160. The molecule has 11 nitrogen and oxygen atoms in total. The van der Waals surface area contributed by atoms with Gasteiger partial charge < -0.3 is 50.3 Å². The van der Waals surface area contributed by atoms with Gasteiger partial charge in [-0.1, -0.05) is 46.3 Å². The Hall–Kier alpha value is -1.15. The number of fused-ring (bicyclic) bond motifs is 7. The minimum Gasteiger partial charge on any atom is -0.432 e. The van der Waals surface area contributed by atoms with Gasteiger partial charge in [-0.15, -0.1) is 0 Å². The summed E-state index contributed by atoms with van der Waals surface area (Å²) in [5.41, 5.74) is -3.27. The molecule has 5 fully saturated rings. The fourth-order valence-electron chi connectivity index (χ4n) is 12.4. The maximum Gasteiger partial charge on any atom is 0.315 e. The standard InChI is InChI=1S/C36H58O11/c1-18-9-12-36(30(44)47-29-26(42)25(41)24(40)21(16-37)46-29)14-13-33(4)19(27(36)35(18,6)45)7-8-23-31(2)15-20(39)28(43)32(3,17-38)22(31)10-11-34(23,33)5/h7,18,20-29,37-43,45H,8-17H2,1-6H3/t18-,20-,21-,22-,23-,24-,25+,26-,27+,28+,29+,31+,32-,33-,34-,35-,36+/m1/s1. The third kappa shape index (κ3) is 4.60. The van der Waals surface area contributed by atoms with Crippen LogP contribution < -0.4 is 0 Å². The molecule has 8 N–H and O–H groups in total. The highest BCUT2D eigenvalue weighted by molar-refractivity contribution is 5.79. The number of esters is 1. The molecule has 6 rings (SSSR count). The van der Waals surface area contributed by atoms with E-state index in [0.717, 1.165) is 18.4 Å². The maximum absolute atomic E-state index is 14.5. The molecular weight excluding hydrogens is 608 g/mol. The molecule has 0 aromatic carbocycles. The first-order chi connectivity index (χ1) is 21.8. The lowest BCUT2D eigenvalue weighted by Gasteiger charge is -2.72. The van der Waals surface area contributed by atoms with E-state index in [0.29, 0.717) is 38.5 Å². The topological polar surface area (TPSA) is 197 Å². The van der Waals surface area contributed by atoms with Gasteiger partial charge in [0.25, 0.3) is 0 Å². The molecular formula is C36H58O11. The Labute approximate surface area is 278 Å². The number of hydrogen-bond donors (Lipinski definition) is 8. The maximum atomic E-state index is 14.5. The SMILES string of the molecule is C[C@@H]1CC[C@]2(C(=O)O[C@@H]3O[C@H](CO)[C@@H](O)[C@H](O)[C@H]3O)CC[C@]3(C)C(=CC[C@@H]4[C@@]5(C)C[C@@H](O)[C@H](O)[C@](C)(CO)[C@@H]5CC[C@]43C)[C@H]2[C@]1(C)O. The number of aliphatic hydroxyl groups is 8. The van der Waals surface area contributed by atoms with E-state index in [4.69, 9.17) is 9.47 Å². The van der Waals surface area contributed by atoms with Crippen LogP contribution in [0.2, 0.25) is 0 Å². The summed E-state index contributed by atoms with van der Waals surface area (Å²) in [6.45, 7) is 11.6. The van der Waals surface area contributed by atoms with Crippen LogP contribution in [0.3, 0.4) is 0 Å². The van der Waals surface area contributed by atoms with Gasteiger partial charge in [0.15, 0.2) is 0 Å². The van der Waals surface area contributed by atoms with Crippen molar-refractivity contribution < 1.29 is 55.1 Å². The largest absolute Gasteiger partial charge is 0.432 e. The van der Waals surface area contributed by atoms with Crippen LogP contribution in [0.4, 0.5) is 0 Å². The average molecular weight is 667 g/mol. The Morgan fingerprint density at radius 3 is 2.23 bits per heavy atom. The van der Waals surface area contributed by atoms with Gasteiger partial charge in [-0.3, -0.25) is 4.79 Å². The predicted octanol–water partition coefficient (Wildman–Crippen LogP) is 1.41. The van der Waals surface area contributed by atoms with Gasteiger partial charge >= 0.3 is 5.97 Å². The highest BCUT2D eigenvalue weighted by Gasteiger charge is 2.72. The van der Waals surface area contributed by atoms with Gasteiger partial charge in [0.05, 0.1) is 36.4 Å². The summed E-state index contributed by atoms with van der Waals surface area (Å²) in [6.07, 6.45) is -2.75. The molecule has 268 valence electrons. The molecule has 1 heterocycles. The Morgan fingerprint density at radius 1 is 0.915 bits per heavy atom. The van der Waals surface area contributed by atoms with E-state index >= 15 is 0 Å². The lowest BCUT2D eigenvalue weighted by atomic mass is 9.33. The van der Waals surface area contributed by atoms with Crippen LogP contribution in [0, 0.1) is 50.7 Å². The van der Waals surface area contributed by atoms with Crippen LogP contribution in [0.25, 0.3) is 0 Å². The number of ether oxygens (including phenoxy) is 2. The highest BCUT2D eigenvalue weighted by Crippen LogP contribution is 2.76. The Balaban J connectivity index is 1.40. The molecule has 4 saturated carbocycles. The van der Waals surface area contributed by atoms with Crippen molar-refractivity contribution in [1.29, 1.82) is 0 Å². The number of carbonyl (C=O) groups is 1. The molecule has 11 heteroatoms. The van der Waals surface area contributed by atoms with E-state index in [1.165, 1.54) is 0 Å². The minimum absolute atomic E-state index is 0.00373. The van der Waals surface area contributed by atoms with Crippen molar-refractivity contribution in [3.05, 3.63) is 11.6 Å². The summed E-state index contributed by atoms with van der Waals surface area (Å²) in [4.78, 5) is 14.5. The van der Waals surface area contributed by atoms with E-state index in [1.54, 1.807) is 0 Å². The van der Waals surface area contributed by atoms with Gasteiger partial charge in [-0.05, 0) is 92.3 Å². The molecule has 6 aliphatic rings. The van der Waals surface area contributed by atoms with Crippen molar-refractivity contribution in [2.75, 3.05) is 13.2 Å². The third-order valence-electron chi connectivity index (χ3n) is 15.6. The molecule has 47 heavy (non-hydrogen) atoms. The molecule has 17 atom stereocenters. The summed E-state index contributed by atoms with van der Waals surface area (Å²) < 4.78 is 11.4. The molecule has 0 unspecified atom stereocenters. The molecule has 1 saturated heterocycles. The molecule has 0 bridgehead atoms. The summed E-state index contributed by atoms with van der Waals surface area (Å²) in [6, 6.07) is 0. The molecule has 0 radical (unpaired) electrons. The highest BCUT2D eigenvalue weighted by atomic mass is 16.7. The first-order valence-corrected chi connectivity index (χ1v) is 17.7. The van der Waals surface area contributed by atoms with E-state index in [9.17, 15) is 45.6 Å². The summed E-state index contributed by atoms with van der Waals surface area (Å²) >= 11 is 0. The van der Waals surface area contributed by atoms with Crippen LogP contribution in [0.1, 0.15) is 92.9 Å². The number of carbonyl (C=O) groups excluding carboxylic acids is 1. The number of rotatable bonds is 4.